The van der Waals surface area contributed by atoms with Crippen LogP contribution in [0.5, 0.6) is 11.5 Å². The van der Waals surface area contributed by atoms with Crippen molar-refractivity contribution in [3.05, 3.63) is 76.8 Å². The van der Waals surface area contributed by atoms with E-state index in [1.165, 1.54) is 7.11 Å². The van der Waals surface area contributed by atoms with Crippen molar-refractivity contribution in [3.8, 4) is 11.5 Å². The number of thiophene rings is 1. The maximum atomic E-state index is 12.9. The van der Waals surface area contributed by atoms with Crippen molar-refractivity contribution in [3.63, 3.8) is 0 Å². The van der Waals surface area contributed by atoms with Gasteiger partial charge in [0.05, 0.1) is 23.9 Å². The Bertz CT molecular complexity index is 1200. The normalized spacial score (nSPS) is 10.9. The van der Waals surface area contributed by atoms with Gasteiger partial charge in [0.1, 0.15) is 17.3 Å². The van der Waals surface area contributed by atoms with E-state index >= 15 is 0 Å². The second kappa shape index (κ2) is 9.49. The third kappa shape index (κ3) is 5.23. The molecule has 0 saturated carbocycles. The monoisotopic (exact) mass is 452 g/mol. The number of benzene rings is 2. The van der Waals surface area contributed by atoms with E-state index in [9.17, 15) is 4.79 Å². The number of pyridine rings is 1. The lowest BCUT2D eigenvalue weighted by Gasteiger charge is -2.10. The lowest BCUT2D eigenvalue weighted by molar-refractivity contribution is -0.160. The Morgan fingerprint density at radius 1 is 1.06 bits per heavy atom. The molecule has 1 amide bonds. The van der Waals surface area contributed by atoms with Crippen LogP contribution >= 0.6 is 23.4 Å². The third-order valence-corrected chi connectivity index (χ3v) is 6.12. The number of aromatic nitrogens is 1. The van der Waals surface area contributed by atoms with Crippen molar-refractivity contribution in [1.82, 2.24) is 4.98 Å². The van der Waals surface area contributed by atoms with Crippen molar-refractivity contribution in [1.29, 1.82) is 0 Å². The summed E-state index contributed by atoms with van der Waals surface area (Å²) in [4.78, 5) is 23.7. The van der Waals surface area contributed by atoms with Crippen LogP contribution in [0.15, 0.2) is 65.7 Å². The topological polar surface area (TPSA) is 69.7 Å². The predicted molar refractivity (Wildman–Crippen MR) is 124 cm³/mol. The molecule has 0 atom stereocenters. The number of ether oxygens (including phenoxy) is 1. The van der Waals surface area contributed by atoms with Gasteiger partial charge in [0, 0.05) is 21.5 Å². The van der Waals surface area contributed by atoms with Crippen molar-refractivity contribution in [2.45, 2.75) is 18.7 Å². The Morgan fingerprint density at radius 3 is 2.58 bits per heavy atom. The van der Waals surface area contributed by atoms with Gasteiger partial charge in [0.25, 0.3) is 5.91 Å². The SMILES string of the molecule is COOSc1ccc(Oc2cc(C(=O)Nc3ccc(C)cn3)cc3cc(C)sc23)cc1. The Balaban J connectivity index is 1.61. The Morgan fingerprint density at radius 2 is 1.87 bits per heavy atom. The van der Waals surface area contributed by atoms with E-state index in [0.717, 1.165) is 37.5 Å². The zero-order chi connectivity index (χ0) is 21.8. The molecule has 0 unspecified atom stereocenters. The lowest BCUT2D eigenvalue weighted by atomic mass is 10.1. The molecule has 4 aromatic rings. The van der Waals surface area contributed by atoms with Gasteiger partial charge in [-0.3, -0.25) is 4.79 Å². The minimum atomic E-state index is -0.240. The number of anilines is 1. The highest BCUT2D eigenvalue weighted by atomic mass is 32.2. The maximum absolute atomic E-state index is 12.9. The van der Waals surface area contributed by atoms with Crippen LogP contribution in [0.1, 0.15) is 20.8 Å². The molecule has 0 aliphatic rings. The zero-order valence-corrected chi connectivity index (χ0v) is 18.8. The molecular formula is C23H20N2O4S2. The fourth-order valence-corrected chi connectivity index (χ4v) is 4.29. The van der Waals surface area contributed by atoms with Gasteiger partial charge < -0.3 is 10.1 Å². The summed E-state index contributed by atoms with van der Waals surface area (Å²) in [6.07, 6.45) is 1.72. The van der Waals surface area contributed by atoms with E-state index in [-0.39, 0.29) is 5.91 Å². The Kier molecular flexibility index (Phi) is 6.53. The molecule has 0 bridgehead atoms. The van der Waals surface area contributed by atoms with Crippen LogP contribution in [0, 0.1) is 13.8 Å². The van der Waals surface area contributed by atoms with Crippen LogP contribution in [0.4, 0.5) is 5.82 Å². The minimum absolute atomic E-state index is 0.240. The molecule has 1 N–H and O–H groups in total. The van der Waals surface area contributed by atoms with E-state index in [0.29, 0.717) is 22.9 Å². The Labute approximate surface area is 188 Å². The highest BCUT2D eigenvalue weighted by Crippen LogP contribution is 2.37. The highest BCUT2D eigenvalue weighted by molar-refractivity contribution is 7.94. The molecule has 0 spiro atoms. The molecule has 6 nitrogen and oxygen atoms in total. The molecule has 4 rings (SSSR count). The van der Waals surface area contributed by atoms with E-state index < -0.39 is 0 Å². The summed E-state index contributed by atoms with van der Waals surface area (Å²) in [5.41, 5.74) is 1.53. The van der Waals surface area contributed by atoms with E-state index in [2.05, 4.69) is 21.3 Å². The average molecular weight is 453 g/mol. The van der Waals surface area contributed by atoms with E-state index in [1.807, 2.05) is 50.2 Å². The number of amides is 1. The van der Waals surface area contributed by atoms with Crippen LogP contribution in [0.3, 0.4) is 0 Å². The largest absolute Gasteiger partial charge is 0.456 e. The summed E-state index contributed by atoms with van der Waals surface area (Å²) < 4.78 is 12.0. The summed E-state index contributed by atoms with van der Waals surface area (Å²) >= 11 is 2.74. The molecule has 0 fully saturated rings. The summed E-state index contributed by atoms with van der Waals surface area (Å²) in [6.45, 7) is 3.98. The van der Waals surface area contributed by atoms with Gasteiger partial charge in [0.15, 0.2) is 0 Å². The van der Waals surface area contributed by atoms with Crippen molar-refractivity contribution >= 4 is 45.2 Å². The molecular weight excluding hydrogens is 432 g/mol. The Hall–Kier alpha value is -2.91. The maximum Gasteiger partial charge on any atom is 0.256 e. The van der Waals surface area contributed by atoms with Crippen LogP contribution in [0.25, 0.3) is 10.1 Å². The van der Waals surface area contributed by atoms with Gasteiger partial charge >= 0.3 is 0 Å². The molecule has 0 aliphatic heterocycles. The van der Waals surface area contributed by atoms with Gasteiger partial charge in [-0.1, -0.05) is 6.07 Å². The van der Waals surface area contributed by atoms with Gasteiger partial charge in [-0.2, -0.15) is 4.33 Å². The fraction of sp³-hybridized carbons (Fsp3) is 0.130. The number of carbonyl (C=O) groups is 1. The molecule has 2 aromatic carbocycles. The predicted octanol–water partition coefficient (Wildman–Crippen LogP) is 6.54. The number of hydrogen-bond acceptors (Lipinski definition) is 7. The van der Waals surface area contributed by atoms with Crippen LogP contribution in [-0.4, -0.2) is 18.0 Å². The van der Waals surface area contributed by atoms with Crippen LogP contribution in [0.2, 0.25) is 0 Å². The van der Waals surface area contributed by atoms with E-state index in [1.54, 1.807) is 29.7 Å². The van der Waals surface area contributed by atoms with Crippen LogP contribution in [-0.2, 0) is 9.22 Å². The zero-order valence-electron chi connectivity index (χ0n) is 17.2. The highest BCUT2D eigenvalue weighted by Gasteiger charge is 2.15. The van der Waals surface area contributed by atoms with Crippen molar-refractivity contribution < 1.29 is 18.8 Å². The number of rotatable bonds is 7. The molecule has 0 aliphatic carbocycles. The molecule has 8 heteroatoms. The summed E-state index contributed by atoms with van der Waals surface area (Å²) in [7, 11) is 1.46. The first-order valence-electron chi connectivity index (χ1n) is 9.45. The number of hydrogen-bond donors (Lipinski definition) is 1. The first-order chi connectivity index (χ1) is 15.0. The van der Waals surface area contributed by atoms with Gasteiger partial charge in [-0.25, -0.2) is 9.87 Å². The number of carbonyl (C=O) groups excluding carboxylic acids is 1. The second-order valence-electron chi connectivity index (χ2n) is 6.82. The third-order valence-electron chi connectivity index (χ3n) is 4.37. The first-order valence-corrected chi connectivity index (χ1v) is 11.0. The number of fused-ring (bicyclic) bond motifs is 1. The standard InChI is InChI=1S/C23H20N2O4S2/c1-14-4-9-21(24-13-14)25-23(26)17-11-16-10-15(2)30-22(16)20(12-17)28-18-5-7-19(8-6-18)31-29-27-3/h4-13H,1-3H3,(H,24,25,26). The van der Waals surface area contributed by atoms with Gasteiger partial charge in [0.2, 0.25) is 0 Å². The van der Waals surface area contributed by atoms with E-state index in [4.69, 9.17) is 9.07 Å². The quantitative estimate of drug-likeness (QED) is 0.195. The van der Waals surface area contributed by atoms with Crippen LogP contribution < -0.4 is 10.1 Å². The molecule has 2 aromatic heterocycles. The average Bonchev–Trinajstić information content (AvgIpc) is 3.15. The second-order valence-corrected chi connectivity index (χ2v) is 8.85. The fourth-order valence-electron chi connectivity index (χ4n) is 2.95. The van der Waals surface area contributed by atoms with Gasteiger partial charge in [-0.05, 0) is 73.3 Å². The molecule has 0 saturated heterocycles. The first kappa shape index (κ1) is 21.3. The summed E-state index contributed by atoms with van der Waals surface area (Å²) in [5.74, 6) is 1.56. The molecule has 158 valence electrons. The van der Waals surface area contributed by atoms with Crippen molar-refractivity contribution in [2.24, 2.45) is 0 Å². The van der Waals surface area contributed by atoms with Gasteiger partial charge in [-0.15, -0.1) is 11.3 Å². The number of nitrogens with zero attached hydrogens (tertiary/aromatic N) is 1. The van der Waals surface area contributed by atoms with Crippen molar-refractivity contribution in [2.75, 3.05) is 12.4 Å². The lowest BCUT2D eigenvalue weighted by Crippen LogP contribution is -2.13. The molecule has 31 heavy (non-hydrogen) atoms. The smallest absolute Gasteiger partial charge is 0.256 e. The molecule has 2 heterocycles. The molecule has 0 radical (unpaired) electrons. The summed E-state index contributed by atoms with van der Waals surface area (Å²) in [6, 6.07) is 16.8. The number of aryl methyl sites for hydroxylation is 2. The minimum Gasteiger partial charge on any atom is -0.456 e. The summed E-state index contributed by atoms with van der Waals surface area (Å²) in [5, 5.41) is 3.81. The number of nitrogens with one attached hydrogen (secondary N) is 1.